The second-order valence-corrected chi connectivity index (χ2v) is 8.00. The predicted molar refractivity (Wildman–Crippen MR) is 103 cm³/mol. The van der Waals surface area contributed by atoms with Gasteiger partial charge in [0.05, 0.1) is 31.6 Å². The van der Waals surface area contributed by atoms with E-state index in [2.05, 4.69) is 0 Å². The van der Waals surface area contributed by atoms with Crippen LogP contribution in [0.25, 0.3) is 0 Å². The molecule has 0 aliphatic carbocycles. The lowest BCUT2D eigenvalue weighted by molar-refractivity contribution is -0.151. The lowest BCUT2D eigenvalue weighted by Crippen LogP contribution is -2.39. The van der Waals surface area contributed by atoms with E-state index < -0.39 is 29.5 Å². The first-order chi connectivity index (χ1) is 13.9. The molecule has 2 saturated heterocycles. The Morgan fingerprint density at radius 2 is 2.17 bits per heavy atom. The fourth-order valence-corrected chi connectivity index (χ4v) is 4.43. The van der Waals surface area contributed by atoms with E-state index in [-0.39, 0.29) is 17.8 Å². The standard InChI is InChI=1S/C22H25NO6/c1-4-13(2)20(25)28-15-7-5-6-14(10-15)11-23-12-22-9-8-16(29-22)17(21(26)27-3)18(22)19(23)24/h5-10,13,16-18H,4,11-12H2,1-3H3/t13-,16+,17-,18-,22+/m0/s1. The Hall–Kier alpha value is -2.67. The van der Waals surface area contributed by atoms with Crippen molar-refractivity contribution in [1.82, 2.24) is 4.90 Å². The molecule has 7 heteroatoms. The molecule has 1 amide bonds. The number of amides is 1. The van der Waals surface area contributed by atoms with E-state index in [0.717, 1.165) is 5.56 Å². The molecule has 0 radical (unpaired) electrons. The molecular formula is C22H25NO6. The molecule has 0 N–H and O–H groups in total. The first kappa shape index (κ1) is 19.6. The van der Waals surface area contributed by atoms with E-state index in [4.69, 9.17) is 14.2 Å². The van der Waals surface area contributed by atoms with Crippen molar-refractivity contribution in [2.24, 2.45) is 17.8 Å². The number of likely N-dealkylation sites (tertiary alicyclic amines) is 1. The van der Waals surface area contributed by atoms with Crippen LogP contribution >= 0.6 is 0 Å². The summed E-state index contributed by atoms with van der Waals surface area (Å²) in [6.07, 6.45) is 4.07. The molecule has 0 unspecified atom stereocenters. The highest BCUT2D eigenvalue weighted by molar-refractivity contribution is 5.91. The molecule has 1 aromatic carbocycles. The van der Waals surface area contributed by atoms with Gasteiger partial charge in [0.25, 0.3) is 0 Å². The fourth-order valence-electron chi connectivity index (χ4n) is 4.43. The molecule has 2 bridgehead atoms. The van der Waals surface area contributed by atoms with Crippen LogP contribution in [0.5, 0.6) is 5.75 Å². The number of nitrogens with zero attached hydrogens (tertiary/aromatic N) is 1. The van der Waals surface area contributed by atoms with Gasteiger partial charge in [0.1, 0.15) is 17.3 Å². The van der Waals surface area contributed by atoms with Crippen LogP contribution < -0.4 is 4.74 Å². The van der Waals surface area contributed by atoms with E-state index in [1.165, 1.54) is 7.11 Å². The summed E-state index contributed by atoms with van der Waals surface area (Å²) in [7, 11) is 1.33. The summed E-state index contributed by atoms with van der Waals surface area (Å²) >= 11 is 0. The molecular weight excluding hydrogens is 374 g/mol. The van der Waals surface area contributed by atoms with Crippen molar-refractivity contribution in [3.8, 4) is 5.75 Å². The van der Waals surface area contributed by atoms with Gasteiger partial charge in [-0.25, -0.2) is 0 Å². The molecule has 29 heavy (non-hydrogen) atoms. The Morgan fingerprint density at radius 3 is 2.90 bits per heavy atom. The van der Waals surface area contributed by atoms with Crippen molar-refractivity contribution in [3.63, 3.8) is 0 Å². The zero-order valence-corrected chi connectivity index (χ0v) is 16.8. The van der Waals surface area contributed by atoms with Crippen molar-refractivity contribution in [3.05, 3.63) is 42.0 Å². The third-order valence-electron chi connectivity index (χ3n) is 6.16. The Bertz CT molecular complexity index is 880. The Morgan fingerprint density at radius 1 is 1.38 bits per heavy atom. The van der Waals surface area contributed by atoms with E-state index >= 15 is 0 Å². The van der Waals surface area contributed by atoms with Crippen LogP contribution in [-0.2, 0) is 30.4 Å². The number of ether oxygens (including phenoxy) is 3. The van der Waals surface area contributed by atoms with Gasteiger partial charge in [0.2, 0.25) is 5.91 Å². The summed E-state index contributed by atoms with van der Waals surface area (Å²) in [5, 5.41) is 0. The average Bonchev–Trinajstić information content (AvgIpc) is 3.35. The maximum Gasteiger partial charge on any atom is 0.314 e. The number of fused-ring (bicyclic) bond motifs is 1. The van der Waals surface area contributed by atoms with Crippen molar-refractivity contribution < 1.29 is 28.6 Å². The SMILES string of the molecule is CC[C@H](C)C(=O)Oc1cccc(CN2C[C@@]34C=C[C@@H](O3)[C@H](C(=O)OC)[C@H]4C2=O)c1. The number of esters is 2. The van der Waals surface area contributed by atoms with Gasteiger partial charge in [-0.05, 0) is 24.1 Å². The molecule has 3 aliphatic heterocycles. The second-order valence-electron chi connectivity index (χ2n) is 8.00. The second kappa shape index (κ2) is 7.30. The molecule has 0 aromatic heterocycles. The monoisotopic (exact) mass is 399 g/mol. The lowest BCUT2D eigenvalue weighted by Gasteiger charge is -2.22. The minimum Gasteiger partial charge on any atom is -0.469 e. The molecule has 7 nitrogen and oxygen atoms in total. The molecule has 154 valence electrons. The van der Waals surface area contributed by atoms with Gasteiger partial charge in [-0.3, -0.25) is 14.4 Å². The number of rotatable bonds is 6. The zero-order valence-electron chi connectivity index (χ0n) is 16.8. The first-order valence-corrected chi connectivity index (χ1v) is 9.93. The number of hydrogen-bond donors (Lipinski definition) is 0. The highest BCUT2D eigenvalue weighted by Gasteiger charge is 2.67. The highest BCUT2D eigenvalue weighted by Crippen LogP contribution is 2.52. The molecule has 1 spiro atoms. The maximum absolute atomic E-state index is 13.1. The molecule has 0 saturated carbocycles. The fraction of sp³-hybridized carbons (Fsp3) is 0.500. The van der Waals surface area contributed by atoms with Gasteiger partial charge in [0.15, 0.2) is 0 Å². The number of carbonyl (C=O) groups is 3. The number of carbonyl (C=O) groups excluding carboxylic acids is 3. The minimum absolute atomic E-state index is 0.116. The number of methoxy groups -OCH3 is 1. The van der Waals surface area contributed by atoms with Gasteiger partial charge < -0.3 is 19.1 Å². The van der Waals surface area contributed by atoms with Crippen LogP contribution in [0.2, 0.25) is 0 Å². The van der Waals surface area contributed by atoms with Crippen molar-refractivity contribution in [1.29, 1.82) is 0 Å². The number of hydrogen-bond acceptors (Lipinski definition) is 6. The van der Waals surface area contributed by atoms with Crippen LogP contribution in [0.15, 0.2) is 36.4 Å². The summed E-state index contributed by atoms with van der Waals surface area (Å²) in [6, 6.07) is 7.17. The summed E-state index contributed by atoms with van der Waals surface area (Å²) in [4.78, 5) is 39.1. The highest BCUT2D eigenvalue weighted by atomic mass is 16.5. The maximum atomic E-state index is 13.1. The Balaban J connectivity index is 1.50. The van der Waals surface area contributed by atoms with Crippen LogP contribution in [-0.4, -0.2) is 48.1 Å². The molecule has 3 aliphatic rings. The summed E-state index contributed by atoms with van der Waals surface area (Å²) in [6.45, 7) is 4.49. The summed E-state index contributed by atoms with van der Waals surface area (Å²) in [5.74, 6) is -1.68. The van der Waals surface area contributed by atoms with E-state index in [0.29, 0.717) is 25.3 Å². The Kier molecular flexibility index (Phi) is 4.94. The molecule has 5 atom stereocenters. The van der Waals surface area contributed by atoms with Crippen LogP contribution in [0.1, 0.15) is 25.8 Å². The Labute approximate surface area is 169 Å². The smallest absolute Gasteiger partial charge is 0.314 e. The van der Waals surface area contributed by atoms with Crippen LogP contribution in [0.3, 0.4) is 0 Å². The first-order valence-electron chi connectivity index (χ1n) is 9.93. The van der Waals surface area contributed by atoms with Crippen LogP contribution in [0, 0.1) is 17.8 Å². The van der Waals surface area contributed by atoms with Gasteiger partial charge in [-0.1, -0.05) is 38.1 Å². The summed E-state index contributed by atoms with van der Waals surface area (Å²) in [5.41, 5.74) is 0.0821. The summed E-state index contributed by atoms with van der Waals surface area (Å²) < 4.78 is 16.4. The third-order valence-corrected chi connectivity index (χ3v) is 6.16. The van der Waals surface area contributed by atoms with Crippen LogP contribution in [0.4, 0.5) is 0 Å². The van der Waals surface area contributed by atoms with Gasteiger partial charge in [-0.15, -0.1) is 0 Å². The molecule has 1 aromatic rings. The topological polar surface area (TPSA) is 82.1 Å². The van der Waals surface area contributed by atoms with E-state index in [9.17, 15) is 14.4 Å². The van der Waals surface area contributed by atoms with E-state index in [1.807, 2.05) is 32.1 Å². The molecule has 4 rings (SSSR count). The van der Waals surface area contributed by atoms with Crippen molar-refractivity contribution >= 4 is 17.8 Å². The van der Waals surface area contributed by atoms with Gasteiger partial charge >= 0.3 is 11.9 Å². The van der Waals surface area contributed by atoms with Gasteiger partial charge in [0, 0.05) is 6.54 Å². The number of benzene rings is 1. The quantitative estimate of drug-likeness (QED) is 0.414. The zero-order chi connectivity index (χ0) is 20.8. The van der Waals surface area contributed by atoms with Crippen molar-refractivity contribution in [2.75, 3.05) is 13.7 Å². The average molecular weight is 399 g/mol. The largest absolute Gasteiger partial charge is 0.469 e. The van der Waals surface area contributed by atoms with Gasteiger partial charge in [-0.2, -0.15) is 0 Å². The predicted octanol–water partition coefficient (Wildman–Crippen LogP) is 2.09. The minimum atomic E-state index is -0.763. The van der Waals surface area contributed by atoms with Crippen molar-refractivity contribution in [2.45, 2.75) is 38.5 Å². The molecule has 2 fully saturated rings. The van der Waals surface area contributed by atoms with E-state index in [1.54, 1.807) is 23.1 Å². The molecule has 3 heterocycles. The lowest BCUT2D eigenvalue weighted by atomic mass is 9.77. The third kappa shape index (κ3) is 3.23. The normalized spacial score (nSPS) is 30.4.